The molecule has 2 aromatic rings. The van der Waals surface area contributed by atoms with Crippen LogP contribution >= 0.6 is 23.4 Å². The fraction of sp³-hybridized carbons (Fsp3) is 0.458. The van der Waals surface area contributed by atoms with Crippen molar-refractivity contribution in [2.75, 3.05) is 25.6 Å². The van der Waals surface area contributed by atoms with Crippen LogP contribution in [0.4, 0.5) is 0 Å². The Morgan fingerprint density at radius 1 is 1.19 bits per heavy atom. The molecule has 1 aliphatic heterocycles. The Kier molecular flexibility index (Phi) is 8.57. The fourth-order valence-corrected chi connectivity index (χ4v) is 4.97. The molecular formula is C24H30ClNO5S. The number of thioether (sulfide) groups is 1. The van der Waals surface area contributed by atoms with Crippen LogP contribution in [0.1, 0.15) is 48.8 Å². The molecule has 2 unspecified atom stereocenters. The molecule has 1 fully saturated rings. The van der Waals surface area contributed by atoms with Crippen molar-refractivity contribution in [2.24, 2.45) is 0 Å². The van der Waals surface area contributed by atoms with Crippen LogP contribution in [0.25, 0.3) is 0 Å². The molecule has 0 saturated carbocycles. The number of nitrogens with one attached hydrogen (secondary N) is 1. The lowest BCUT2D eigenvalue weighted by molar-refractivity contribution is -0.138. The zero-order valence-corrected chi connectivity index (χ0v) is 20.4. The van der Waals surface area contributed by atoms with Crippen molar-refractivity contribution in [2.45, 2.75) is 45.0 Å². The molecule has 2 N–H and O–H groups in total. The lowest BCUT2D eigenvalue weighted by atomic mass is 10.0. The van der Waals surface area contributed by atoms with E-state index in [1.165, 1.54) is 11.8 Å². The van der Waals surface area contributed by atoms with E-state index in [9.17, 15) is 9.90 Å². The Morgan fingerprint density at radius 2 is 1.94 bits per heavy atom. The van der Waals surface area contributed by atoms with Gasteiger partial charge in [0.2, 0.25) is 0 Å². The molecule has 0 radical (unpaired) electrons. The third kappa shape index (κ3) is 6.03. The van der Waals surface area contributed by atoms with Crippen molar-refractivity contribution in [3.05, 3.63) is 52.0 Å². The molecular weight excluding hydrogens is 450 g/mol. The monoisotopic (exact) mass is 479 g/mol. The van der Waals surface area contributed by atoms with Crippen LogP contribution in [0.2, 0.25) is 5.02 Å². The van der Waals surface area contributed by atoms with Crippen LogP contribution in [-0.2, 0) is 4.79 Å². The molecule has 2 aromatic carbocycles. The molecule has 6 nitrogen and oxygen atoms in total. The maximum atomic E-state index is 11.2. The van der Waals surface area contributed by atoms with E-state index >= 15 is 0 Å². The quantitative estimate of drug-likeness (QED) is 0.441. The first kappa shape index (κ1) is 24.6. The number of aryl methyl sites for hydroxylation is 1. The highest BCUT2D eigenvalue weighted by atomic mass is 35.5. The van der Waals surface area contributed by atoms with E-state index in [2.05, 4.69) is 31.3 Å². The summed E-state index contributed by atoms with van der Waals surface area (Å²) in [6.45, 7) is 9.34. The maximum Gasteiger partial charge on any atom is 0.321 e. The first-order valence-electron chi connectivity index (χ1n) is 10.7. The van der Waals surface area contributed by atoms with Gasteiger partial charge in [-0.2, -0.15) is 0 Å². The van der Waals surface area contributed by atoms with Crippen LogP contribution in [-0.4, -0.2) is 42.7 Å². The number of carboxylic acid groups (broad SMARTS) is 1. The van der Waals surface area contributed by atoms with Crippen LogP contribution in [0.5, 0.6) is 17.2 Å². The van der Waals surface area contributed by atoms with Gasteiger partial charge in [0.05, 0.1) is 17.0 Å². The zero-order chi connectivity index (χ0) is 23.3. The van der Waals surface area contributed by atoms with Gasteiger partial charge in [-0.05, 0) is 54.7 Å². The molecule has 0 aromatic heterocycles. The van der Waals surface area contributed by atoms with Crippen molar-refractivity contribution >= 4 is 29.3 Å². The third-order valence-electron chi connectivity index (χ3n) is 5.09. The largest absolute Gasteiger partial charge is 0.490 e. The summed E-state index contributed by atoms with van der Waals surface area (Å²) >= 11 is 8.06. The van der Waals surface area contributed by atoms with E-state index in [4.69, 9.17) is 25.8 Å². The van der Waals surface area contributed by atoms with E-state index in [1.807, 2.05) is 26.0 Å². The predicted molar refractivity (Wildman–Crippen MR) is 129 cm³/mol. The number of hydrogen-bond acceptors (Lipinski definition) is 6. The minimum absolute atomic E-state index is 0.166. The molecule has 3 rings (SSSR count). The second kappa shape index (κ2) is 11.2. The van der Waals surface area contributed by atoms with Gasteiger partial charge in [-0.3, -0.25) is 10.1 Å². The molecule has 8 heteroatoms. The maximum absolute atomic E-state index is 11.2. The highest BCUT2D eigenvalue weighted by Gasteiger charge is 2.31. The Balaban J connectivity index is 1.68. The molecule has 0 spiro atoms. The lowest BCUT2D eigenvalue weighted by Crippen LogP contribution is -2.33. The molecule has 0 bridgehead atoms. The summed E-state index contributed by atoms with van der Waals surface area (Å²) in [5, 5.41) is 12.6. The van der Waals surface area contributed by atoms with Crippen molar-refractivity contribution in [3.63, 3.8) is 0 Å². The van der Waals surface area contributed by atoms with E-state index < -0.39 is 12.0 Å². The second-order valence-electron chi connectivity index (χ2n) is 7.93. The smallest absolute Gasteiger partial charge is 0.321 e. The summed E-state index contributed by atoms with van der Waals surface area (Å²) in [6.07, 6.45) is 0. The molecule has 2 atom stereocenters. The van der Waals surface area contributed by atoms with Gasteiger partial charge >= 0.3 is 5.97 Å². The number of rotatable bonds is 10. The first-order chi connectivity index (χ1) is 15.3. The summed E-state index contributed by atoms with van der Waals surface area (Å²) in [4.78, 5) is 11.2. The van der Waals surface area contributed by atoms with Crippen LogP contribution < -0.4 is 19.5 Å². The highest BCUT2D eigenvalue weighted by Crippen LogP contribution is 2.42. The Hall–Kier alpha value is -2.09. The second-order valence-corrected chi connectivity index (χ2v) is 9.47. The Labute approximate surface area is 198 Å². The predicted octanol–water partition coefficient (Wildman–Crippen LogP) is 5.42. The van der Waals surface area contributed by atoms with Gasteiger partial charge in [-0.25, -0.2) is 0 Å². The van der Waals surface area contributed by atoms with E-state index in [-0.39, 0.29) is 5.37 Å². The lowest BCUT2D eigenvalue weighted by Gasteiger charge is -2.19. The third-order valence-corrected chi connectivity index (χ3v) is 6.64. The minimum Gasteiger partial charge on any atom is -0.490 e. The minimum atomic E-state index is -0.856. The topological polar surface area (TPSA) is 77.0 Å². The van der Waals surface area contributed by atoms with Gasteiger partial charge < -0.3 is 19.3 Å². The summed E-state index contributed by atoms with van der Waals surface area (Å²) in [6, 6.07) is 9.31. The summed E-state index contributed by atoms with van der Waals surface area (Å²) < 4.78 is 17.7. The SMILES string of the molecule is CCOc1cc(C2NC(C(=O)O)CS2)cc(Cl)c1OCCOc1cc(C)ccc1C(C)C. The van der Waals surface area contributed by atoms with Crippen molar-refractivity contribution in [1.29, 1.82) is 0 Å². The summed E-state index contributed by atoms with van der Waals surface area (Å²) in [5.41, 5.74) is 3.16. The molecule has 174 valence electrons. The summed E-state index contributed by atoms with van der Waals surface area (Å²) in [5.74, 6) is 1.87. The summed E-state index contributed by atoms with van der Waals surface area (Å²) in [7, 11) is 0. The number of carbonyl (C=O) groups is 1. The van der Waals surface area contributed by atoms with Crippen LogP contribution in [0, 0.1) is 6.92 Å². The van der Waals surface area contributed by atoms with Crippen molar-refractivity contribution < 1.29 is 24.1 Å². The molecule has 1 aliphatic rings. The number of halogens is 1. The normalized spacial score (nSPS) is 18.1. The average Bonchev–Trinajstić information content (AvgIpc) is 3.23. The number of benzene rings is 2. The first-order valence-corrected chi connectivity index (χ1v) is 12.2. The van der Waals surface area contributed by atoms with Gasteiger partial charge in [-0.1, -0.05) is 37.6 Å². The van der Waals surface area contributed by atoms with E-state index in [0.29, 0.717) is 48.0 Å². The van der Waals surface area contributed by atoms with Crippen LogP contribution in [0.3, 0.4) is 0 Å². The molecule has 1 saturated heterocycles. The highest BCUT2D eigenvalue weighted by molar-refractivity contribution is 7.99. The number of aliphatic carboxylic acids is 1. The van der Waals surface area contributed by atoms with Gasteiger partial charge in [0, 0.05) is 5.75 Å². The molecule has 0 amide bonds. The number of ether oxygens (including phenoxy) is 3. The number of hydrogen-bond donors (Lipinski definition) is 2. The number of carboxylic acids is 1. The average molecular weight is 480 g/mol. The van der Waals surface area contributed by atoms with E-state index in [1.54, 1.807) is 6.07 Å². The van der Waals surface area contributed by atoms with E-state index in [0.717, 1.165) is 22.4 Å². The van der Waals surface area contributed by atoms with Gasteiger partial charge in [0.25, 0.3) is 0 Å². The van der Waals surface area contributed by atoms with Crippen molar-refractivity contribution in [3.8, 4) is 17.2 Å². The molecule has 1 heterocycles. The van der Waals surface area contributed by atoms with Gasteiger partial charge in [0.15, 0.2) is 11.5 Å². The Morgan fingerprint density at radius 3 is 2.59 bits per heavy atom. The van der Waals surface area contributed by atoms with Crippen LogP contribution in [0.15, 0.2) is 30.3 Å². The zero-order valence-electron chi connectivity index (χ0n) is 18.8. The standard InChI is InChI=1S/C24H30ClNO5S/c1-5-29-21-12-16(23-26-19(13-32-23)24(27)28)11-18(25)22(21)31-9-8-30-20-10-15(4)6-7-17(20)14(2)3/h6-7,10-12,14,19,23,26H,5,8-9,13H2,1-4H3,(H,27,28). The van der Waals surface area contributed by atoms with Gasteiger partial charge in [-0.15, -0.1) is 11.8 Å². The molecule has 32 heavy (non-hydrogen) atoms. The molecule has 0 aliphatic carbocycles. The van der Waals surface area contributed by atoms with Crippen molar-refractivity contribution in [1.82, 2.24) is 5.32 Å². The fourth-order valence-electron chi connectivity index (χ4n) is 3.49. The Bertz CT molecular complexity index is 952. The van der Waals surface area contributed by atoms with Gasteiger partial charge in [0.1, 0.15) is 25.0 Å².